The molecule has 1 unspecified atom stereocenters. The summed E-state index contributed by atoms with van der Waals surface area (Å²) in [5.74, 6) is -3.67. The number of aryl methyl sites for hydroxylation is 1. The topological polar surface area (TPSA) is 121 Å². The van der Waals surface area contributed by atoms with Gasteiger partial charge in [-0.2, -0.15) is 0 Å². The van der Waals surface area contributed by atoms with Gasteiger partial charge >= 0.3 is 11.9 Å². The van der Waals surface area contributed by atoms with Crippen molar-refractivity contribution in [3.8, 4) is 0 Å². The Morgan fingerprint density at radius 2 is 1.56 bits per heavy atom. The molecule has 132 valence electrons. The lowest BCUT2D eigenvalue weighted by atomic mass is 9.96. The maximum absolute atomic E-state index is 12.3. The van der Waals surface area contributed by atoms with Crippen LogP contribution < -0.4 is 4.72 Å². The largest absolute Gasteiger partial charge is 0.481 e. The summed E-state index contributed by atoms with van der Waals surface area (Å²) in [6.45, 7) is 1.85. The van der Waals surface area contributed by atoms with E-state index in [1.807, 2.05) is 6.92 Å². The molecular weight excluding hydrogens is 346 g/mol. The lowest BCUT2D eigenvalue weighted by Gasteiger charge is -2.12. The summed E-state index contributed by atoms with van der Waals surface area (Å²) in [6, 6.07) is 11.9. The molecular formula is C17H17NO6S. The van der Waals surface area contributed by atoms with Crippen LogP contribution in [0.25, 0.3) is 0 Å². The van der Waals surface area contributed by atoms with Crippen LogP contribution in [-0.4, -0.2) is 30.6 Å². The molecule has 1 atom stereocenters. The van der Waals surface area contributed by atoms with E-state index in [0.717, 1.165) is 5.56 Å². The fourth-order valence-corrected chi connectivity index (χ4v) is 3.30. The highest BCUT2D eigenvalue weighted by atomic mass is 32.2. The summed E-state index contributed by atoms with van der Waals surface area (Å²) < 4.78 is 27.0. The van der Waals surface area contributed by atoms with Gasteiger partial charge in [0.05, 0.1) is 17.2 Å². The molecule has 8 heteroatoms. The van der Waals surface area contributed by atoms with Gasteiger partial charge in [-0.1, -0.05) is 29.8 Å². The first kappa shape index (κ1) is 18.5. The number of aliphatic carboxylic acids is 2. The van der Waals surface area contributed by atoms with Gasteiger partial charge in [-0.05, 0) is 36.8 Å². The Kier molecular flexibility index (Phi) is 5.43. The van der Waals surface area contributed by atoms with Crippen molar-refractivity contribution in [3.05, 3.63) is 59.7 Å². The van der Waals surface area contributed by atoms with E-state index in [9.17, 15) is 18.0 Å². The van der Waals surface area contributed by atoms with E-state index in [1.54, 1.807) is 12.1 Å². The fraction of sp³-hybridized carbons (Fsp3) is 0.176. The predicted octanol–water partition coefficient (Wildman–Crippen LogP) is 2.44. The van der Waals surface area contributed by atoms with Gasteiger partial charge in [-0.3, -0.25) is 14.3 Å². The molecule has 0 bridgehead atoms. The van der Waals surface area contributed by atoms with Crippen LogP contribution in [0.4, 0.5) is 5.69 Å². The second-order valence-corrected chi connectivity index (χ2v) is 7.21. The zero-order valence-electron chi connectivity index (χ0n) is 13.3. The summed E-state index contributed by atoms with van der Waals surface area (Å²) in [5, 5.41) is 17.9. The molecule has 0 spiro atoms. The van der Waals surface area contributed by atoms with Crippen molar-refractivity contribution in [2.75, 3.05) is 4.72 Å². The Morgan fingerprint density at radius 3 is 2.04 bits per heavy atom. The fourth-order valence-electron chi connectivity index (χ4n) is 2.24. The number of nitrogens with one attached hydrogen (secondary N) is 1. The summed E-state index contributed by atoms with van der Waals surface area (Å²) in [6.07, 6.45) is -0.552. The molecule has 0 fully saturated rings. The molecule has 3 N–H and O–H groups in total. The maximum Gasteiger partial charge on any atom is 0.311 e. The summed E-state index contributed by atoms with van der Waals surface area (Å²) in [4.78, 5) is 22.1. The van der Waals surface area contributed by atoms with Crippen LogP contribution in [0.5, 0.6) is 0 Å². The molecule has 0 heterocycles. The molecule has 7 nitrogen and oxygen atoms in total. The van der Waals surface area contributed by atoms with Crippen LogP contribution in [-0.2, 0) is 19.6 Å². The van der Waals surface area contributed by atoms with Crippen molar-refractivity contribution in [3.63, 3.8) is 0 Å². The molecule has 0 saturated carbocycles. The van der Waals surface area contributed by atoms with Crippen molar-refractivity contribution in [1.82, 2.24) is 0 Å². The van der Waals surface area contributed by atoms with Gasteiger partial charge in [-0.25, -0.2) is 8.42 Å². The number of anilines is 1. The standard InChI is InChI=1S/C17H17NO6S/c1-11-2-8-14(9-3-11)25(23,24)18-13-6-4-12(5-7-13)15(17(21)22)10-16(19)20/h2-9,15,18H,10H2,1H3,(H,19,20)(H,21,22). The highest BCUT2D eigenvalue weighted by molar-refractivity contribution is 7.92. The second-order valence-electron chi connectivity index (χ2n) is 5.53. The summed E-state index contributed by atoms with van der Waals surface area (Å²) in [7, 11) is -3.76. The predicted molar refractivity (Wildman–Crippen MR) is 91.1 cm³/mol. The van der Waals surface area contributed by atoms with E-state index in [4.69, 9.17) is 10.2 Å². The quantitative estimate of drug-likeness (QED) is 0.695. The first-order valence-corrected chi connectivity index (χ1v) is 8.81. The van der Waals surface area contributed by atoms with Crippen LogP contribution in [0.15, 0.2) is 53.4 Å². The third kappa shape index (κ3) is 4.80. The lowest BCUT2D eigenvalue weighted by molar-refractivity contribution is -0.145. The van der Waals surface area contributed by atoms with E-state index >= 15 is 0 Å². The minimum Gasteiger partial charge on any atom is -0.481 e. The van der Waals surface area contributed by atoms with Crippen molar-refractivity contribution in [1.29, 1.82) is 0 Å². The Morgan fingerprint density at radius 1 is 1.00 bits per heavy atom. The number of sulfonamides is 1. The monoisotopic (exact) mass is 363 g/mol. The Labute approximate surface area is 145 Å². The average molecular weight is 363 g/mol. The van der Waals surface area contributed by atoms with E-state index in [-0.39, 0.29) is 16.1 Å². The first-order chi connectivity index (χ1) is 11.7. The third-order valence-corrected chi connectivity index (χ3v) is 4.97. The number of carbonyl (C=O) groups is 2. The van der Waals surface area contributed by atoms with E-state index in [0.29, 0.717) is 0 Å². The minimum absolute atomic E-state index is 0.108. The second kappa shape index (κ2) is 7.35. The number of hydrogen-bond donors (Lipinski definition) is 3. The summed E-state index contributed by atoms with van der Waals surface area (Å²) in [5.41, 5.74) is 1.47. The van der Waals surface area contributed by atoms with Crippen LogP contribution in [0.3, 0.4) is 0 Å². The molecule has 2 rings (SSSR count). The van der Waals surface area contributed by atoms with E-state index in [2.05, 4.69) is 4.72 Å². The molecule has 2 aromatic carbocycles. The van der Waals surface area contributed by atoms with E-state index in [1.165, 1.54) is 36.4 Å². The highest BCUT2D eigenvalue weighted by Gasteiger charge is 2.23. The van der Waals surface area contributed by atoms with Gasteiger partial charge in [-0.15, -0.1) is 0 Å². The molecule has 0 saturated heterocycles. The van der Waals surface area contributed by atoms with Gasteiger partial charge < -0.3 is 10.2 Å². The van der Waals surface area contributed by atoms with Gasteiger partial charge in [0, 0.05) is 5.69 Å². The van der Waals surface area contributed by atoms with Crippen LogP contribution in [0.1, 0.15) is 23.5 Å². The van der Waals surface area contributed by atoms with E-state index < -0.39 is 34.3 Å². The summed E-state index contributed by atoms with van der Waals surface area (Å²) >= 11 is 0. The highest BCUT2D eigenvalue weighted by Crippen LogP contribution is 2.23. The minimum atomic E-state index is -3.76. The Hall–Kier alpha value is -2.87. The first-order valence-electron chi connectivity index (χ1n) is 7.33. The van der Waals surface area contributed by atoms with Crippen molar-refractivity contribution >= 4 is 27.6 Å². The van der Waals surface area contributed by atoms with Crippen molar-refractivity contribution in [2.24, 2.45) is 0 Å². The molecule has 0 amide bonds. The van der Waals surface area contributed by atoms with Gasteiger partial charge in [0.25, 0.3) is 10.0 Å². The maximum atomic E-state index is 12.3. The number of benzene rings is 2. The van der Waals surface area contributed by atoms with Crippen molar-refractivity contribution < 1.29 is 28.2 Å². The Bertz CT molecular complexity index is 872. The van der Waals surface area contributed by atoms with Gasteiger partial charge in [0.1, 0.15) is 0 Å². The molecule has 0 aliphatic carbocycles. The van der Waals surface area contributed by atoms with Gasteiger partial charge in [0.2, 0.25) is 0 Å². The van der Waals surface area contributed by atoms with Crippen LogP contribution in [0, 0.1) is 6.92 Å². The van der Waals surface area contributed by atoms with Crippen molar-refractivity contribution in [2.45, 2.75) is 24.2 Å². The lowest BCUT2D eigenvalue weighted by Crippen LogP contribution is -2.16. The van der Waals surface area contributed by atoms with Crippen LogP contribution in [0.2, 0.25) is 0 Å². The van der Waals surface area contributed by atoms with Gasteiger partial charge in [0.15, 0.2) is 0 Å². The number of carboxylic acid groups (broad SMARTS) is 2. The average Bonchev–Trinajstić information content (AvgIpc) is 2.53. The number of rotatable bonds is 7. The third-order valence-electron chi connectivity index (χ3n) is 3.57. The van der Waals surface area contributed by atoms with Crippen LogP contribution >= 0.6 is 0 Å². The Balaban J connectivity index is 2.20. The number of hydrogen-bond acceptors (Lipinski definition) is 4. The molecule has 0 radical (unpaired) electrons. The SMILES string of the molecule is Cc1ccc(S(=O)(=O)Nc2ccc(C(CC(=O)O)C(=O)O)cc2)cc1. The molecule has 25 heavy (non-hydrogen) atoms. The molecule has 0 aromatic heterocycles. The molecule has 2 aromatic rings. The zero-order valence-corrected chi connectivity index (χ0v) is 14.2. The molecule has 0 aliphatic rings. The normalized spacial score (nSPS) is 12.4. The smallest absolute Gasteiger partial charge is 0.311 e. The molecule has 0 aliphatic heterocycles. The number of carboxylic acids is 2. The zero-order chi connectivity index (χ0) is 18.6.